The molecule has 17 heavy (non-hydrogen) atoms. The molecule has 0 amide bonds. The molecule has 1 rings (SSSR count). The van der Waals surface area contributed by atoms with E-state index in [1.807, 2.05) is 12.1 Å². The average molecular weight is 237 g/mol. The predicted molar refractivity (Wildman–Crippen MR) is 71.6 cm³/mol. The van der Waals surface area contributed by atoms with Gasteiger partial charge >= 0.3 is 0 Å². The molecule has 0 saturated carbocycles. The van der Waals surface area contributed by atoms with Crippen molar-refractivity contribution < 1.29 is 4.39 Å². The highest BCUT2D eigenvalue weighted by Crippen LogP contribution is 2.28. The summed E-state index contributed by atoms with van der Waals surface area (Å²) in [5.74, 6) is 0.946. The predicted octanol–water partition coefficient (Wildman–Crippen LogP) is 4.08. The lowest BCUT2D eigenvalue weighted by Crippen LogP contribution is -2.29. The first kappa shape index (κ1) is 14.2. The SMILES string of the molecule is CCNC(c1ccc(C)c(F)c1)C(C)C(C)C. The van der Waals surface area contributed by atoms with Crippen LogP contribution in [-0.2, 0) is 0 Å². The smallest absolute Gasteiger partial charge is 0.126 e. The molecule has 0 bridgehead atoms. The highest BCUT2D eigenvalue weighted by Gasteiger charge is 2.21. The largest absolute Gasteiger partial charge is 0.310 e. The number of hydrogen-bond acceptors (Lipinski definition) is 1. The molecule has 0 aliphatic rings. The molecule has 2 unspecified atom stereocenters. The molecule has 0 aromatic heterocycles. The zero-order chi connectivity index (χ0) is 13.0. The highest BCUT2D eigenvalue weighted by atomic mass is 19.1. The van der Waals surface area contributed by atoms with Gasteiger partial charge in [0, 0.05) is 6.04 Å². The van der Waals surface area contributed by atoms with E-state index in [9.17, 15) is 4.39 Å². The first-order chi connectivity index (χ1) is 7.97. The van der Waals surface area contributed by atoms with Crippen molar-refractivity contribution >= 4 is 0 Å². The molecule has 1 aromatic rings. The highest BCUT2D eigenvalue weighted by molar-refractivity contribution is 5.26. The molecule has 96 valence electrons. The number of rotatable bonds is 5. The Kier molecular flexibility index (Phi) is 5.13. The van der Waals surface area contributed by atoms with Crippen molar-refractivity contribution in [2.75, 3.05) is 6.54 Å². The maximum absolute atomic E-state index is 13.6. The van der Waals surface area contributed by atoms with E-state index in [1.165, 1.54) is 0 Å². The normalized spacial score (nSPS) is 15.0. The summed E-state index contributed by atoms with van der Waals surface area (Å²) in [7, 11) is 0. The van der Waals surface area contributed by atoms with Crippen LogP contribution in [-0.4, -0.2) is 6.54 Å². The van der Waals surface area contributed by atoms with E-state index in [-0.39, 0.29) is 11.9 Å². The molecule has 1 aromatic carbocycles. The van der Waals surface area contributed by atoms with Gasteiger partial charge in [0.1, 0.15) is 5.82 Å². The third-order valence-electron chi connectivity index (χ3n) is 3.56. The minimum absolute atomic E-state index is 0.110. The van der Waals surface area contributed by atoms with Gasteiger partial charge in [-0.15, -0.1) is 0 Å². The van der Waals surface area contributed by atoms with E-state index in [0.29, 0.717) is 17.4 Å². The Hall–Kier alpha value is -0.890. The first-order valence-electron chi connectivity index (χ1n) is 6.46. The minimum Gasteiger partial charge on any atom is -0.310 e. The van der Waals surface area contributed by atoms with Gasteiger partial charge in [0.25, 0.3) is 0 Å². The van der Waals surface area contributed by atoms with Crippen molar-refractivity contribution in [3.63, 3.8) is 0 Å². The molecule has 0 fully saturated rings. The molecule has 0 aliphatic heterocycles. The van der Waals surface area contributed by atoms with Gasteiger partial charge in [-0.3, -0.25) is 0 Å². The summed E-state index contributed by atoms with van der Waals surface area (Å²) < 4.78 is 13.6. The van der Waals surface area contributed by atoms with Gasteiger partial charge in [0.2, 0.25) is 0 Å². The fraction of sp³-hybridized carbons (Fsp3) is 0.600. The molecule has 1 nitrogen and oxygen atoms in total. The van der Waals surface area contributed by atoms with Crippen molar-refractivity contribution in [2.45, 2.75) is 40.7 Å². The molecule has 2 atom stereocenters. The number of benzene rings is 1. The van der Waals surface area contributed by atoms with Crippen LogP contribution in [0.1, 0.15) is 44.9 Å². The van der Waals surface area contributed by atoms with Crippen molar-refractivity contribution in [2.24, 2.45) is 11.8 Å². The first-order valence-corrected chi connectivity index (χ1v) is 6.46. The topological polar surface area (TPSA) is 12.0 Å². The third kappa shape index (κ3) is 3.53. The van der Waals surface area contributed by atoms with Crippen LogP contribution in [0.4, 0.5) is 4.39 Å². The lowest BCUT2D eigenvalue weighted by molar-refractivity contribution is 0.306. The monoisotopic (exact) mass is 237 g/mol. The van der Waals surface area contributed by atoms with Crippen LogP contribution in [0.15, 0.2) is 18.2 Å². The van der Waals surface area contributed by atoms with Crippen molar-refractivity contribution in [1.29, 1.82) is 0 Å². The molecule has 1 N–H and O–H groups in total. The summed E-state index contributed by atoms with van der Waals surface area (Å²) in [6.07, 6.45) is 0. The Morgan fingerprint density at radius 2 is 1.88 bits per heavy atom. The van der Waals surface area contributed by atoms with Crippen LogP contribution in [0.25, 0.3) is 0 Å². The fourth-order valence-corrected chi connectivity index (χ4v) is 2.01. The van der Waals surface area contributed by atoms with Gasteiger partial charge in [-0.25, -0.2) is 4.39 Å². The van der Waals surface area contributed by atoms with Gasteiger partial charge in [-0.2, -0.15) is 0 Å². The van der Waals surface area contributed by atoms with Gasteiger partial charge in [0.15, 0.2) is 0 Å². The average Bonchev–Trinajstić information content (AvgIpc) is 2.29. The molecule has 0 heterocycles. The number of halogens is 1. The Morgan fingerprint density at radius 3 is 2.35 bits per heavy atom. The number of hydrogen-bond donors (Lipinski definition) is 1. The molecular formula is C15H24FN. The zero-order valence-electron chi connectivity index (χ0n) is 11.5. The van der Waals surface area contributed by atoms with Crippen LogP contribution in [0.5, 0.6) is 0 Å². The second kappa shape index (κ2) is 6.15. The lowest BCUT2D eigenvalue weighted by Gasteiger charge is -2.28. The van der Waals surface area contributed by atoms with Crippen LogP contribution in [0, 0.1) is 24.6 Å². The number of aryl methyl sites for hydroxylation is 1. The van der Waals surface area contributed by atoms with Crippen molar-refractivity contribution in [1.82, 2.24) is 5.32 Å². The zero-order valence-corrected chi connectivity index (χ0v) is 11.5. The summed E-state index contributed by atoms with van der Waals surface area (Å²) in [5.41, 5.74) is 1.76. The van der Waals surface area contributed by atoms with E-state index in [0.717, 1.165) is 12.1 Å². The molecule has 0 radical (unpaired) electrons. The third-order valence-corrected chi connectivity index (χ3v) is 3.56. The Bertz CT molecular complexity index is 360. The standard InChI is InChI=1S/C15H24FN/c1-6-17-15(12(5)10(2)3)13-8-7-11(4)14(16)9-13/h7-10,12,15,17H,6H2,1-5H3. The van der Waals surface area contributed by atoms with Gasteiger partial charge in [-0.1, -0.05) is 39.8 Å². The summed E-state index contributed by atoms with van der Waals surface area (Å²) >= 11 is 0. The molecule has 0 spiro atoms. The summed E-state index contributed by atoms with van der Waals surface area (Å²) in [4.78, 5) is 0. The summed E-state index contributed by atoms with van der Waals surface area (Å²) in [6.45, 7) is 11.4. The van der Waals surface area contributed by atoms with Gasteiger partial charge in [0.05, 0.1) is 0 Å². The van der Waals surface area contributed by atoms with E-state index in [4.69, 9.17) is 0 Å². The van der Waals surface area contributed by atoms with Crippen molar-refractivity contribution in [3.8, 4) is 0 Å². The number of nitrogens with one attached hydrogen (secondary N) is 1. The second-order valence-electron chi connectivity index (χ2n) is 5.15. The van der Waals surface area contributed by atoms with E-state index in [2.05, 4.69) is 33.0 Å². The second-order valence-corrected chi connectivity index (χ2v) is 5.15. The van der Waals surface area contributed by atoms with Gasteiger partial charge in [-0.05, 0) is 42.5 Å². The fourth-order valence-electron chi connectivity index (χ4n) is 2.01. The Morgan fingerprint density at radius 1 is 1.24 bits per heavy atom. The van der Waals surface area contributed by atoms with E-state index in [1.54, 1.807) is 13.0 Å². The lowest BCUT2D eigenvalue weighted by atomic mass is 9.85. The summed E-state index contributed by atoms with van der Waals surface area (Å²) in [5, 5.41) is 3.46. The van der Waals surface area contributed by atoms with Crippen molar-refractivity contribution in [3.05, 3.63) is 35.1 Å². The maximum Gasteiger partial charge on any atom is 0.126 e. The molecule has 0 saturated heterocycles. The minimum atomic E-state index is -0.110. The summed E-state index contributed by atoms with van der Waals surface area (Å²) in [6, 6.07) is 5.80. The maximum atomic E-state index is 13.6. The van der Waals surface area contributed by atoms with Crippen LogP contribution >= 0.6 is 0 Å². The molecule has 2 heteroatoms. The van der Waals surface area contributed by atoms with E-state index >= 15 is 0 Å². The van der Waals surface area contributed by atoms with Gasteiger partial charge < -0.3 is 5.32 Å². The molecule has 0 aliphatic carbocycles. The Balaban J connectivity index is 3.00. The van der Waals surface area contributed by atoms with Crippen LogP contribution in [0.2, 0.25) is 0 Å². The van der Waals surface area contributed by atoms with Crippen LogP contribution in [0.3, 0.4) is 0 Å². The quantitative estimate of drug-likeness (QED) is 0.813. The van der Waals surface area contributed by atoms with Crippen LogP contribution < -0.4 is 5.32 Å². The molecular weight excluding hydrogens is 213 g/mol. The van der Waals surface area contributed by atoms with E-state index < -0.39 is 0 Å². The Labute approximate surface area is 104 Å².